The molecule has 0 saturated carbocycles. The Kier molecular flexibility index (Phi) is 4.92. The Morgan fingerprint density at radius 3 is 2.97 bits per heavy atom. The maximum absolute atomic E-state index is 13.6. The quantitative estimate of drug-likeness (QED) is 0.532. The second kappa shape index (κ2) is 7.40. The van der Waals surface area contributed by atoms with Crippen LogP contribution in [0.15, 0.2) is 36.5 Å². The number of benzene rings is 1. The second-order valence-electron chi connectivity index (χ2n) is 6.47. The predicted octanol–water partition coefficient (Wildman–Crippen LogP) is 0.815. The van der Waals surface area contributed by atoms with Crippen molar-refractivity contribution in [2.24, 2.45) is 4.36 Å². The van der Waals surface area contributed by atoms with Crippen LogP contribution in [0, 0.1) is 5.82 Å². The van der Waals surface area contributed by atoms with Crippen LogP contribution in [0.4, 0.5) is 10.2 Å². The minimum Gasteiger partial charge on any atom is -0.364 e. The molecule has 3 aromatic rings. The van der Waals surface area contributed by atoms with Crippen molar-refractivity contribution in [3.63, 3.8) is 0 Å². The van der Waals surface area contributed by atoms with Crippen LogP contribution < -0.4 is 15.8 Å². The summed E-state index contributed by atoms with van der Waals surface area (Å²) in [4.78, 5) is 12.3. The zero-order valence-corrected chi connectivity index (χ0v) is 16.4. The summed E-state index contributed by atoms with van der Waals surface area (Å²) in [5.74, 6) is -0.715. The van der Waals surface area contributed by atoms with Crippen LogP contribution in [0.25, 0.3) is 11.5 Å². The van der Waals surface area contributed by atoms with Gasteiger partial charge >= 0.3 is 5.76 Å². The van der Waals surface area contributed by atoms with Gasteiger partial charge < -0.3 is 5.32 Å². The Morgan fingerprint density at radius 1 is 1.34 bits per heavy atom. The van der Waals surface area contributed by atoms with Gasteiger partial charge in [-0.3, -0.25) is 4.52 Å². The molecule has 29 heavy (non-hydrogen) atoms. The average Bonchev–Trinajstić information content (AvgIpc) is 3.28. The van der Waals surface area contributed by atoms with Crippen LogP contribution in [0.2, 0.25) is 0 Å². The summed E-state index contributed by atoms with van der Waals surface area (Å²) in [7, 11) is -0.974. The minimum absolute atomic E-state index is 0.120. The third-order valence-corrected chi connectivity index (χ3v) is 6.10. The first kappa shape index (κ1) is 19.3. The molecule has 154 valence electrons. The van der Waals surface area contributed by atoms with Gasteiger partial charge in [-0.05, 0) is 40.0 Å². The van der Waals surface area contributed by atoms with E-state index in [1.54, 1.807) is 6.07 Å². The van der Waals surface area contributed by atoms with E-state index >= 15 is 0 Å². The summed E-state index contributed by atoms with van der Waals surface area (Å²) in [6, 6.07) is 4.03. The lowest BCUT2D eigenvalue weighted by Gasteiger charge is -2.30. The summed E-state index contributed by atoms with van der Waals surface area (Å²) >= 11 is 0. The molecule has 0 spiro atoms. The fraction of sp³-hybridized carbons (Fsp3) is 0.375. The molecule has 2 heterocycles. The van der Waals surface area contributed by atoms with Gasteiger partial charge in [-0.25, -0.2) is 31.7 Å². The predicted molar refractivity (Wildman–Crippen MR) is 101 cm³/mol. The van der Waals surface area contributed by atoms with Gasteiger partial charge in [0.05, 0.1) is 6.04 Å². The SMILES string of the molecule is CN=S(C)(=O)NCCNc1nonc1-c1noc(=O)n1[C@H]1Cc2ccc(F)cc21. The van der Waals surface area contributed by atoms with Gasteiger partial charge in [0.1, 0.15) is 15.7 Å². The zero-order chi connectivity index (χ0) is 20.6. The van der Waals surface area contributed by atoms with Crippen LogP contribution in [0.5, 0.6) is 0 Å². The van der Waals surface area contributed by atoms with Crippen LogP contribution in [0.1, 0.15) is 17.2 Å². The Balaban J connectivity index is 1.57. The summed E-state index contributed by atoms with van der Waals surface area (Å²) in [6.07, 6.45) is 2.02. The molecule has 13 heteroatoms. The molecular formula is C16H18FN7O4S. The van der Waals surface area contributed by atoms with E-state index in [2.05, 4.69) is 29.9 Å². The van der Waals surface area contributed by atoms with E-state index < -0.39 is 21.7 Å². The van der Waals surface area contributed by atoms with Crippen molar-refractivity contribution in [1.29, 1.82) is 0 Å². The first-order valence-electron chi connectivity index (χ1n) is 8.68. The van der Waals surface area contributed by atoms with Crippen molar-refractivity contribution in [3.8, 4) is 11.5 Å². The first-order valence-corrected chi connectivity index (χ1v) is 10.6. The molecule has 2 atom stereocenters. The normalized spacial score (nSPS) is 17.3. The van der Waals surface area contributed by atoms with Crippen LogP contribution in [-0.2, 0) is 16.3 Å². The lowest BCUT2D eigenvalue weighted by Crippen LogP contribution is -2.31. The molecule has 1 aromatic carbocycles. The number of nitrogens with zero attached hydrogens (tertiary/aromatic N) is 5. The standard InChI is InChI=1S/C16H18FN7O4S/c1-18-29(2,26)20-6-5-19-14-13(21-28-22-14)15-23-27-16(25)24(15)12-7-9-3-4-10(17)8-11(9)12/h3-4,8,12H,5-7H2,1-2H3,(H,19,22)(H,18,20,26)/t12-,29?/m0/s1. The van der Waals surface area contributed by atoms with E-state index in [0.29, 0.717) is 25.1 Å². The summed E-state index contributed by atoms with van der Waals surface area (Å²) in [5.41, 5.74) is 1.81. The van der Waals surface area contributed by atoms with Gasteiger partial charge in [-0.1, -0.05) is 11.2 Å². The molecule has 0 aliphatic heterocycles. The molecule has 1 aliphatic rings. The molecule has 11 nitrogen and oxygen atoms in total. The number of hydrogen-bond donors (Lipinski definition) is 2. The molecule has 0 radical (unpaired) electrons. The Bertz CT molecular complexity index is 1220. The summed E-state index contributed by atoms with van der Waals surface area (Å²) in [5, 5.41) is 14.4. The molecule has 2 N–H and O–H groups in total. The third-order valence-electron chi connectivity index (χ3n) is 4.66. The van der Waals surface area contributed by atoms with Crippen molar-refractivity contribution in [3.05, 3.63) is 45.7 Å². The van der Waals surface area contributed by atoms with E-state index in [9.17, 15) is 13.4 Å². The number of fused-ring (bicyclic) bond motifs is 1. The van der Waals surface area contributed by atoms with E-state index in [1.165, 1.54) is 30.0 Å². The Labute approximate surface area is 164 Å². The van der Waals surface area contributed by atoms with E-state index in [0.717, 1.165) is 5.56 Å². The molecule has 0 fully saturated rings. The highest BCUT2D eigenvalue weighted by molar-refractivity contribution is 7.91. The molecule has 0 bridgehead atoms. The van der Waals surface area contributed by atoms with Crippen LogP contribution in [0.3, 0.4) is 0 Å². The van der Waals surface area contributed by atoms with Crippen molar-refractivity contribution >= 4 is 15.7 Å². The summed E-state index contributed by atoms with van der Waals surface area (Å²) < 4.78 is 42.9. The number of aromatic nitrogens is 4. The highest BCUT2D eigenvalue weighted by atomic mass is 32.2. The molecule has 1 aliphatic carbocycles. The van der Waals surface area contributed by atoms with E-state index in [4.69, 9.17) is 9.15 Å². The molecule has 1 unspecified atom stereocenters. The van der Waals surface area contributed by atoms with Crippen molar-refractivity contribution in [2.75, 3.05) is 31.7 Å². The number of rotatable bonds is 7. The Morgan fingerprint density at radius 2 is 2.17 bits per heavy atom. The Hall–Kier alpha value is -3.06. The largest absolute Gasteiger partial charge is 0.442 e. The van der Waals surface area contributed by atoms with Gasteiger partial charge in [0.2, 0.25) is 11.6 Å². The third kappa shape index (κ3) is 3.65. The lowest BCUT2D eigenvalue weighted by molar-refractivity contribution is 0.309. The molecule has 0 saturated heterocycles. The van der Waals surface area contributed by atoms with Crippen molar-refractivity contribution < 1.29 is 17.8 Å². The van der Waals surface area contributed by atoms with Crippen molar-refractivity contribution in [2.45, 2.75) is 12.5 Å². The van der Waals surface area contributed by atoms with Gasteiger partial charge in [-0.15, -0.1) is 0 Å². The number of hydrogen-bond acceptors (Lipinski definition) is 9. The fourth-order valence-electron chi connectivity index (χ4n) is 3.11. The maximum Gasteiger partial charge on any atom is 0.442 e. The molecule has 0 amide bonds. The van der Waals surface area contributed by atoms with E-state index in [-0.39, 0.29) is 23.2 Å². The first-order chi connectivity index (χ1) is 13.9. The molecule has 2 aromatic heterocycles. The van der Waals surface area contributed by atoms with Crippen LogP contribution in [-0.4, -0.2) is 50.6 Å². The molecular weight excluding hydrogens is 405 g/mol. The number of nitrogens with one attached hydrogen (secondary N) is 2. The second-order valence-corrected chi connectivity index (χ2v) is 8.73. The maximum atomic E-state index is 13.6. The van der Waals surface area contributed by atoms with Gasteiger partial charge in [0.15, 0.2) is 5.69 Å². The number of anilines is 1. The fourth-order valence-corrected chi connectivity index (χ4v) is 3.72. The van der Waals surface area contributed by atoms with E-state index in [1.807, 2.05) is 0 Å². The zero-order valence-electron chi connectivity index (χ0n) is 15.6. The van der Waals surface area contributed by atoms with Gasteiger partial charge in [0.25, 0.3) is 0 Å². The highest BCUT2D eigenvalue weighted by Crippen LogP contribution is 2.38. The van der Waals surface area contributed by atoms with Gasteiger partial charge in [-0.2, -0.15) is 0 Å². The lowest BCUT2D eigenvalue weighted by atomic mass is 9.83. The highest BCUT2D eigenvalue weighted by Gasteiger charge is 2.34. The monoisotopic (exact) mass is 423 g/mol. The average molecular weight is 423 g/mol. The smallest absolute Gasteiger partial charge is 0.364 e. The molecule has 4 rings (SSSR count). The topological polar surface area (TPSA) is 140 Å². The number of halogens is 1. The minimum atomic E-state index is -2.44. The van der Waals surface area contributed by atoms with Crippen LogP contribution >= 0.6 is 0 Å². The van der Waals surface area contributed by atoms with Crippen molar-refractivity contribution in [1.82, 2.24) is 24.8 Å². The summed E-state index contributed by atoms with van der Waals surface area (Å²) in [6.45, 7) is 0.668. The van der Waals surface area contributed by atoms with Gasteiger partial charge in [0, 0.05) is 26.4 Å².